The minimum Gasteiger partial charge on any atom is -0.0654 e. The van der Waals surface area contributed by atoms with E-state index in [2.05, 4.69) is 121 Å². The van der Waals surface area contributed by atoms with Gasteiger partial charge in [0.05, 0.1) is 0 Å². The number of unbranched alkanes of at least 4 members (excludes halogenated alkanes) is 2. The van der Waals surface area contributed by atoms with E-state index in [0.29, 0.717) is 0 Å². The molecular weight excluding hydrogens is 592 g/mol. The highest BCUT2D eigenvalue weighted by Crippen LogP contribution is 2.57. The molecule has 0 spiro atoms. The van der Waals surface area contributed by atoms with Crippen LogP contribution in [0.2, 0.25) is 0 Å². The molecule has 0 N–H and O–H groups in total. The molecule has 0 aliphatic heterocycles. The van der Waals surface area contributed by atoms with Crippen molar-refractivity contribution in [1.29, 1.82) is 0 Å². The summed E-state index contributed by atoms with van der Waals surface area (Å²) in [6.07, 6.45) is 12.9. The predicted octanol–water partition coefficient (Wildman–Crippen LogP) is 12.7. The van der Waals surface area contributed by atoms with E-state index in [1.165, 1.54) is 96.5 Å². The van der Waals surface area contributed by atoms with Crippen LogP contribution in [0.4, 0.5) is 0 Å². The Labute approximate surface area is 249 Å². The zero-order chi connectivity index (χ0) is 27.3. The molecule has 0 saturated heterocycles. The first-order valence-corrected chi connectivity index (χ1v) is 16.7. The maximum absolute atomic E-state index is 3.87. The van der Waals surface area contributed by atoms with E-state index in [1.54, 1.807) is 11.1 Å². The van der Waals surface area contributed by atoms with Gasteiger partial charge >= 0.3 is 0 Å². The maximum Gasteiger partial charge on any atom is 0.0221 e. The van der Waals surface area contributed by atoms with Crippen LogP contribution < -0.4 is 0 Å². The highest BCUT2D eigenvalue weighted by Gasteiger charge is 2.45. The molecule has 0 aromatic heterocycles. The zero-order valence-electron chi connectivity index (χ0n) is 24.2. The van der Waals surface area contributed by atoms with E-state index in [0.717, 1.165) is 16.3 Å². The van der Waals surface area contributed by atoms with Gasteiger partial charge in [-0.05, 0) is 101 Å². The fraction of sp³-hybridized carbons (Fsp3) is 0.500. The molecular formula is C36H46Br2. The van der Waals surface area contributed by atoms with Crippen molar-refractivity contribution in [3.63, 3.8) is 0 Å². The van der Waals surface area contributed by atoms with Crippen LogP contribution >= 0.6 is 31.9 Å². The molecule has 1 aliphatic rings. The lowest BCUT2D eigenvalue weighted by molar-refractivity contribution is 0.266. The molecule has 2 unspecified atom stereocenters. The van der Waals surface area contributed by atoms with Crippen LogP contribution in [0.5, 0.6) is 0 Å². The molecule has 2 heteroatoms. The van der Waals surface area contributed by atoms with Crippen molar-refractivity contribution in [2.24, 2.45) is 11.8 Å². The predicted molar refractivity (Wildman–Crippen MR) is 174 cm³/mol. The summed E-state index contributed by atoms with van der Waals surface area (Å²) in [6.45, 7) is 11.8. The van der Waals surface area contributed by atoms with Crippen molar-refractivity contribution >= 4 is 31.9 Å². The Morgan fingerprint density at radius 2 is 1.13 bits per heavy atom. The Morgan fingerprint density at radius 3 is 1.66 bits per heavy atom. The van der Waals surface area contributed by atoms with Gasteiger partial charge in [-0.2, -0.15) is 0 Å². The molecule has 2 atom stereocenters. The molecule has 1 aliphatic carbocycles. The summed E-state index contributed by atoms with van der Waals surface area (Å²) in [5, 5.41) is 0. The quantitative estimate of drug-likeness (QED) is 0.175. The standard InChI is InChI=1S/C36H46Br2/c1-6-10-12-26(8-3)23-36(24-27(9-4)13-11-7-2)34-21-28(31-18-15-29(37)20-25(31)5)14-17-32(34)33-19-16-30(38)22-35(33)36/h14-22,26-27H,6-13,23-24H2,1-5H3. The van der Waals surface area contributed by atoms with E-state index in [1.807, 2.05) is 0 Å². The topological polar surface area (TPSA) is 0 Å². The number of benzene rings is 3. The van der Waals surface area contributed by atoms with Crippen LogP contribution in [0.1, 0.15) is 109 Å². The summed E-state index contributed by atoms with van der Waals surface area (Å²) in [5.74, 6) is 1.49. The number of hydrogen-bond donors (Lipinski definition) is 0. The summed E-state index contributed by atoms with van der Waals surface area (Å²) in [6, 6.07) is 21.2. The average Bonchev–Trinajstić information content (AvgIpc) is 3.16. The van der Waals surface area contributed by atoms with Gasteiger partial charge in [-0.3, -0.25) is 0 Å². The van der Waals surface area contributed by atoms with Crippen molar-refractivity contribution < 1.29 is 0 Å². The lowest BCUT2D eigenvalue weighted by Crippen LogP contribution is -2.31. The summed E-state index contributed by atoms with van der Waals surface area (Å²) >= 11 is 7.54. The third kappa shape index (κ3) is 6.17. The Kier molecular flexibility index (Phi) is 10.4. The lowest BCUT2D eigenvalue weighted by atomic mass is 9.65. The van der Waals surface area contributed by atoms with Crippen LogP contribution in [0.15, 0.2) is 63.5 Å². The summed E-state index contributed by atoms with van der Waals surface area (Å²) in [7, 11) is 0. The van der Waals surface area contributed by atoms with Crippen LogP contribution in [0.3, 0.4) is 0 Å². The number of rotatable bonds is 13. The molecule has 0 radical (unpaired) electrons. The number of aryl methyl sites for hydroxylation is 1. The van der Waals surface area contributed by atoms with Gasteiger partial charge in [0.25, 0.3) is 0 Å². The summed E-state index contributed by atoms with van der Waals surface area (Å²) in [4.78, 5) is 0. The first kappa shape index (κ1) is 29.6. The van der Waals surface area contributed by atoms with Gasteiger partial charge in [0.2, 0.25) is 0 Å². The van der Waals surface area contributed by atoms with Crippen LogP contribution in [-0.2, 0) is 5.41 Å². The largest absolute Gasteiger partial charge is 0.0654 e. The molecule has 3 aromatic carbocycles. The maximum atomic E-state index is 3.87. The molecule has 0 saturated carbocycles. The van der Waals surface area contributed by atoms with E-state index in [9.17, 15) is 0 Å². The minimum absolute atomic E-state index is 0.0660. The van der Waals surface area contributed by atoms with E-state index < -0.39 is 0 Å². The minimum atomic E-state index is 0.0660. The molecule has 0 fully saturated rings. The second kappa shape index (κ2) is 13.3. The van der Waals surface area contributed by atoms with Crippen LogP contribution in [0, 0.1) is 18.8 Å². The molecule has 0 bridgehead atoms. The molecule has 204 valence electrons. The third-order valence-electron chi connectivity index (χ3n) is 9.18. The molecule has 3 aromatic rings. The van der Waals surface area contributed by atoms with E-state index in [4.69, 9.17) is 0 Å². The molecule has 0 nitrogen and oxygen atoms in total. The van der Waals surface area contributed by atoms with Crippen molar-refractivity contribution in [1.82, 2.24) is 0 Å². The molecule has 0 amide bonds. The highest BCUT2D eigenvalue weighted by atomic mass is 79.9. The first-order chi connectivity index (χ1) is 18.4. The fourth-order valence-corrected chi connectivity index (χ4v) is 7.82. The zero-order valence-corrected chi connectivity index (χ0v) is 27.3. The van der Waals surface area contributed by atoms with Crippen molar-refractivity contribution in [2.45, 2.75) is 104 Å². The monoisotopic (exact) mass is 636 g/mol. The number of halogens is 2. The van der Waals surface area contributed by atoms with E-state index >= 15 is 0 Å². The second-order valence-electron chi connectivity index (χ2n) is 11.7. The van der Waals surface area contributed by atoms with Crippen molar-refractivity contribution in [2.75, 3.05) is 0 Å². The normalized spacial score (nSPS) is 17.8. The van der Waals surface area contributed by atoms with Gasteiger partial charge in [-0.15, -0.1) is 0 Å². The first-order valence-electron chi connectivity index (χ1n) is 15.1. The molecule has 4 rings (SSSR count). The summed E-state index contributed by atoms with van der Waals surface area (Å²) in [5.41, 5.74) is 10.2. The van der Waals surface area contributed by atoms with Gasteiger partial charge in [0.15, 0.2) is 0 Å². The van der Waals surface area contributed by atoms with Gasteiger partial charge in [0.1, 0.15) is 0 Å². The number of hydrogen-bond acceptors (Lipinski definition) is 0. The van der Waals surface area contributed by atoms with Gasteiger partial charge in [0, 0.05) is 14.4 Å². The Balaban J connectivity index is 1.93. The summed E-state index contributed by atoms with van der Waals surface area (Å²) < 4.78 is 2.36. The number of fused-ring (bicyclic) bond motifs is 3. The average molecular weight is 639 g/mol. The SMILES string of the molecule is CCCCC(CC)CC1(CC(CC)CCCC)c2cc(Br)ccc2-c2ccc(-c3ccc(Br)cc3C)cc21. The second-order valence-corrected chi connectivity index (χ2v) is 13.6. The van der Waals surface area contributed by atoms with Crippen LogP contribution in [-0.4, -0.2) is 0 Å². The Bertz CT molecular complexity index is 1210. The lowest BCUT2D eigenvalue weighted by Gasteiger charge is -2.39. The van der Waals surface area contributed by atoms with Crippen molar-refractivity contribution in [3.8, 4) is 22.3 Å². The van der Waals surface area contributed by atoms with E-state index in [-0.39, 0.29) is 5.41 Å². The van der Waals surface area contributed by atoms with Gasteiger partial charge in [-0.1, -0.05) is 135 Å². The third-order valence-corrected chi connectivity index (χ3v) is 10.2. The van der Waals surface area contributed by atoms with Crippen LogP contribution in [0.25, 0.3) is 22.3 Å². The molecule has 38 heavy (non-hydrogen) atoms. The Morgan fingerprint density at radius 1 is 0.632 bits per heavy atom. The smallest absolute Gasteiger partial charge is 0.0221 e. The fourth-order valence-electron chi connectivity index (χ4n) is 6.98. The Hall–Kier alpha value is -1.38. The van der Waals surface area contributed by atoms with Gasteiger partial charge in [-0.25, -0.2) is 0 Å². The van der Waals surface area contributed by atoms with Crippen molar-refractivity contribution in [3.05, 3.63) is 80.2 Å². The highest BCUT2D eigenvalue weighted by molar-refractivity contribution is 9.10. The van der Waals surface area contributed by atoms with Gasteiger partial charge < -0.3 is 0 Å². The molecule has 0 heterocycles.